The highest BCUT2D eigenvalue weighted by molar-refractivity contribution is 5.87. The Hall–Kier alpha value is -1.33. The Kier molecular flexibility index (Phi) is 4.60. The number of carbonyl (C=O) groups is 1. The highest BCUT2D eigenvalue weighted by Crippen LogP contribution is 2.24. The van der Waals surface area contributed by atoms with Crippen molar-refractivity contribution in [1.82, 2.24) is 9.80 Å². The van der Waals surface area contributed by atoms with Crippen molar-refractivity contribution in [3.8, 4) is 0 Å². The maximum atomic E-state index is 11.7. The van der Waals surface area contributed by atoms with Crippen LogP contribution in [0.25, 0.3) is 0 Å². The zero-order valence-corrected chi connectivity index (χ0v) is 12.7. The van der Waals surface area contributed by atoms with Crippen LogP contribution in [0.5, 0.6) is 0 Å². The van der Waals surface area contributed by atoms with Gasteiger partial charge in [-0.2, -0.15) is 0 Å². The topological polar surface area (TPSA) is 45.9 Å². The van der Waals surface area contributed by atoms with Crippen LogP contribution in [0, 0.1) is 0 Å². The molecule has 0 amide bonds. The van der Waals surface area contributed by atoms with Crippen LogP contribution in [0.15, 0.2) is 16.7 Å². The van der Waals surface area contributed by atoms with E-state index in [1.54, 1.807) is 6.26 Å². The van der Waals surface area contributed by atoms with Crippen molar-refractivity contribution >= 4 is 5.97 Å². The molecule has 0 radical (unpaired) electrons. The summed E-state index contributed by atoms with van der Waals surface area (Å²) in [4.78, 5) is 16.7. The monoisotopic (exact) mass is 292 g/mol. The van der Waals surface area contributed by atoms with Crippen LogP contribution >= 0.6 is 0 Å². The molecule has 1 atom stereocenters. The van der Waals surface area contributed by atoms with Crippen molar-refractivity contribution < 1.29 is 13.9 Å². The first-order valence-electron chi connectivity index (χ1n) is 7.89. The predicted molar refractivity (Wildman–Crippen MR) is 79.2 cm³/mol. The van der Waals surface area contributed by atoms with Gasteiger partial charge in [-0.15, -0.1) is 0 Å². The summed E-state index contributed by atoms with van der Waals surface area (Å²) < 4.78 is 10.1. The molecule has 1 aromatic heterocycles. The van der Waals surface area contributed by atoms with E-state index in [1.807, 2.05) is 6.07 Å². The highest BCUT2D eigenvalue weighted by atomic mass is 16.5. The van der Waals surface area contributed by atoms with Gasteiger partial charge in [0.15, 0.2) is 0 Å². The van der Waals surface area contributed by atoms with Crippen LogP contribution in [0.2, 0.25) is 0 Å². The Bertz CT molecular complexity index is 480. The van der Waals surface area contributed by atoms with E-state index in [-0.39, 0.29) is 5.97 Å². The van der Waals surface area contributed by atoms with E-state index in [0.29, 0.717) is 11.8 Å². The van der Waals surface area contributed by atoms with Gasteiger partial charge >= 0.3 is 5.97 Å². The van der Waals surface area contributed by atoms with Crippen molar-refractivity contribution in [3.63, 3.8) is 0 Å². The second-order valence-electron chi connectivity index (χ2n) is 6.04. The number of esters is 1. The summed E-state index contributed by atoms with van der Waals surface area (Å²) in [5, 5.41) is 0. The second kappa shape index (κ2) is 6.62. The van der Waals surface area contributed by atoms with Crippen LogP contribution in [0.1, 0.15) is 41.8 Å². The lowest BCUT2D eigenvalue weighted by Crippen LogP contribution is -2.39. The van der Waals surface area contributed by atoms with Crippen LogP contribution < -0.4 is 0 Å². The molecule has 2 aliphatic heterocycles. The minimum Gasteiger partial charge on any atom is -0.463 e. The predicted octanol–water partition coefficient (Wildman–Crippen LogP) is 2.13. The molecule has 21 heavy (non-hydrogen) atoms. The molecular formula is C16H24N2O3. The Morgan fingerprint density at radius 1 is 1.33 bits per heavy atom. The van der Waals surface area contributed by atoms with E-state index in [0.717, 1.165) is 25.2 Å². The van der Waals surface area contributed by atoms with Gasteiger partial charge in [-0.1, -0.05) is 0 Å². The maximum absolute atomic E-state index is 11.7. The second-order valence-corrected chi connectivity index (χ2v) is 6.04. The van der Waals surface area contributed by atoms with Gasteiger partial charge in [-0.3, -0.25) is 4.90 Å². The van der Waals surface area contributed by atoms with E-state index in [1.165, 1.54) is 45.9 Å². The molecule has 3 rings (SSSR count). The molecule has 2 saturated heterocycles. The van der Waals surface area contributed by atoms with E-state index in [9.17, 15) is 4.79 Å². The molecular weight excluding hydrogens is 268 g/mol. The molecule has 0 aliphatic carbocycles. The van der Waals surface area contributed by atoms with Gasteiger partial charge in [0.05, 0.1) is 13.4 Å². The molecule has 2 fully saturated rings. The van der Waals surface area contributed by atoms with E-state index < -0.39 is 0 Å². The zero-order chi connectivity index (χ0) is 14.7. The summed E-state index contributed by atoms with van der Waals surface area (Å²) in [6.45, 7) is 5.52. The van der Waals surface area contributed by atoms with Crippen molar-refractivity contribution in [2.24, 2.45) is 0 Å². The van der Waals surface area contributed by atoms with Gasteiger partial charge in [0, 0.05) is 24.7 Å². The summed E-state index contributed by atoms with van der Waals surface area (Å²) in [5.74, 6) is -0.0328. The first kappa shape index (κ1) is 14.6. The van der Waals surface area contributed by atoms with Crippen LogP contribution in [-0.2, 0) is 11.3 Å². The molecule has 0 bridgehead atoms. The molecule has 1 aromatic rings. The smallest absolute Gasteiger partial charge is 0.374 e. The molecule has 116 valence electrons. The number of hydrogen-bond donors (Lipinski definition) is 0. The molecule has 3 heterocycles. The molecule has 0 N–H and O–H groups in total. The van der Waals surface area contributed by atoms with Crippen LogP contribution in [0.3, 0.4) is 0 Å². The summed E-state index contributed by atoms with van der Waals surface area (Å²) >= 11 is 0. The first-order chi connectivity index (χ1) is 10.3. The molecule has 0 saturated carbocycles. The third kappa shape index (κ3) is 3.30. The third-order valence-corrected chi connectivity index (χ3v) is 4.66. The minimum atomic E-state index is -0.384. The summed E-state index contributed by atoms with van der Waals surface area (Å²) in [7, 11) is 1.39. The SMILES string of the molecule is COC(=O)c1occc1CN1CCC[C@@H]1CN1CCCC1. The van der Waals surface area contributed by atoms with Gasteiger partial charge in [0.25, 0.3) is 0 Å². The largest absolute Gasteiger partial charge is 0.463 e. The van der Waals surface area contributed by atoms with E-state index in [4.69, 9.17) is 9.15 Å². The summed E-state index contributed by atoms with van der Waals surface area (Å²) in [6, 6.07) is 2.49. The first-order valence-corrected chi connectivity index (χ1v) is 7.89. The fourth-order valence-corrected chi connectivity index (χ4v) is 3.52. The number of furan rings is 1. The van der Waals surface area contributed by atoms with Gasteiger partial charge in [-0.05, 0) is 51.4 Å². The number of methoxy groups -OCH3 is 1. The molecule has 0 spiro atoms. The number of nitrogens with zero attached hydrogens (tertiary/aromatic N) is 2. The van der Waals surface area contributed by atoms with Gasteiger partial charge in [0.2, 0.25) is 5.76 Å². The Morgan fingerprint density at radius 2 is 2.14 bits per heavy atom. The molecule has 5 heteroatoms. The summed E-state index contributed by atoms with van der Waals surface area (Å²) in [6.07, 6.45) is 6.74. The van der Waals surface area contributed by atoms with Crippen LogP contribution in [0.4, 0.5) is 0 Å². The lowest BCUT2D eigenvalue weighted by molar-refractivity contribution is 0.0561. The van der Waals surface area contributed by atoms with E-state index in [2.05, 4.69) is 9.80 Å². The van der Waals surface area contributed by atoms with Crippen LogP contribution in [-0.4, -0.2) is 55.1 Å². The van der Waals surface area contributed by atoms with Gasteiger partial charge < -0.3 is 14.1 Å². The van der Waals surface area contributed by atoms with Gasteiger partial charge in [0.1, 0.15) is 0 Å². The van der Waals surface area contributed by atoms with Crippen molar-refractivity contribution in [2.75, 3.05) is 33.3 Å². The van der Waals surface area contributed by atoms with Gasteiger partial charge in [-0.25, -0.2) is 4.79 Å². The lowest BCUT2D eigenvalue weighted by Gasteiger charge is -2.28. The minimum absolute atomic E-state index is 0.351. The highest BCUT2D eigenvalue weighted by Gasteiger charge is 2.29. The standard InChI is InChI=1S/C16H24N2O3/c1-20-16(19)15-13(6-10-21-15)11-18-9-4-5-14(18)12-17-7-2-3-8-17/h6,10,14H,2-5,7-9,11-12H2,1H3/t14-/m1/s1. The Morgan fingerprint density at radius 3 is 2.90 bits per heavy atom. The fraction of sp³-hybridized carbons (Fsp3) is 0.688. The summed E-state index contributed by atoms with van der Waals surface area (Å²) in [5.41, 5.74) is 0.940. The number of ether oxygens (including phenoxy) is 1. The molecule has 0 unspecified atom stereocenters. The number of hydrogen-bond acceptors (Lipinski definition) is 5. The quantitative estimate of drug-likeness (QED) is 0.778. The molecule has 5 nitrogen and oxygen atoms in total. The Labute approximate surface area is 125 Å². The zero-order valence-electron chi connectivity index (χ0n) is 12.7. The van der Waals surface area contributed by atoms with Crippen molar-refractivity contribution in [3.05, 3.63) is 23.7 Å². The average Bonchev–Trinajstić information content (AvgIpc) is 3.22. The maximum Gasteiger partial charge on any atom is 0.374 e. The number of likely N-dealkylation sites (tertiary alicyclic amines) is 2. The van der Waals surface area contributed by atoms with Crippen molar-refractivity contribution in [2.45, 2.75) is 38.3 Å². The Balaban J connectivity index is 1.63. The lowest BCUT2D eigenvalue weighted by atomic mass is 10.2. The molecule has 2 aliphatic rings. The number of carbonyl (C=O) groups excluding carboxylic acids is 1. The molecule has 0 aromatic carbocycles. The normalized spacial score (nSPS) is 23.8. The number of rotatable bonds is 5. The van der Waals surface area contributed by atoms with Crippen molar-refractivity contribution in [1.29, 1.82) is 0 Å². The fourth-order valence-electron chi connectivity index (χ4n) is 3.52. The van der Waals surface area contributed by atoms with E-state index >= 15 is 0 Å². The third-order valence-electron chi connectivity index (χ3n) is 4.66. The average molecular weight is 292 g/mol.